The lowest BCUT2D eigenvalue weighted by atomic mass is 10.0. The average molecular weight is 590 g/mol. The molecule has 39 heavy (non-hydrogen) atoms. The van der Waals surface area contributed by atoms with Crippen LogP contribution in [0.2, 0.25) is 10.0 Å². The number of fused-ring (bicyclic) bond motifs is 3. The Morgan fingerprint density at radius 2 is 1.97 bits per heavy atom. The van der Waals surface area contributed by atoms with Crippen molar-refractivity contribution in [3.05, 3.63) is 57.0 Å². The molecule has 2 aromatic carbocycles. The molecule has 3 fully saturated rings. The highest BCUT2D eigenvalue weighted by atomic mass is 35.5. The zero-order valence-electron chi connectivity index (χ0n) is 20.4. The number of ether oxygens (including phenoxy) is 1. The summed E-state index contributed by atoms with van der Waals surface area (Å²) in [6.07, 6.45) is 3.81. The molecule has 3 heterocycles. The van der Waals surface area contributed by atoms with E-state index in [0.29, 0.717) is 33.6 Å². The van der Waals surface area contributed by atoms with Gasteiger partial charge in [0.1, 0.15) is 22.7 Å². The zero-order chi connectivity index (χ0) is 27.0. The molecule has 4 aromatic rings. The summed E-state index contributed by atoms with van der Waals surface area (Å²) in [4.78, 5) is 18.0. The minimum Gasteiger partial charge on any atom is -0.508 e. The lowest BCUT2D eigenvalue weighted by Gasteiger charge is -2.31. The summed E-state index contributed by atoms with van der Waals surface area (Å²) in [5.74, 6) is -0.440. The monoisotopic (exact) mass is 589 g/mol. The number of piperidine rings is 1. The molecular weight excluding hydrogens is 568 g/mol. The Labute approximate surface area is 235 Å². The summed E-state index contributed by atoms with van der Waals surface area (Å²) in [5.41, 5.74) is 2.00. The Bertz CT molecular complexity index is 1610. The predicted octanol–water partition coefficient (Wildman–Crippen LogP) is 6.86. The summed E-state index contributed by atoms with van der Waals surface area (Å²) in [7, 11) is 0. The second-order valence-corrected chi connectivity index (χ2v) is 12.2. The molecule has 1 saturated heterocycles. The Balaban J connectivity index is 1.09. The quantitative estimate of drug-likeness (QED) is 0.240. The van der Waals surface area contributed by atoms with E-state index in [0.717, 1.165) is 49.6 Å². The van der Waals surface area contributed by atoms with Gasteiger partial charge in [-0.1, -0.05) is 39.7 Å². The van der Waals surface area contributed by atoms with Gasteiger partial charge in [0.05, 0.1) is 33.0 Å². The first-order chi connectivity index (χ1) is 18.8. The Morgan fingerprint density at radius 3 is 2.64 bits per heavy atom. The highest BCUT2D eigenvalue weighted by Crippen LogP contribution is 2.48. The Hall–Kier alpha value is -2.92. The number of anilines is 1. The van der Waals surface area contributed by atoms with Crippen LogP contribution in [0.15, 0.2) is 28.8 Å². The standard InChI is InChI=1S/C27H22Cl2FN3O5S/c28-17-7-15(34)8-18(29)22(17)23-16(25(38-32-23)11-1-2-11)10-37-20-6-14-3-13(20)9-33(14)27-31-24-19(30)4-12(26(35)36)5-21(24)39-27/h4-5,7-8,11,13-14,20,34H,1-3,6,9-10H2,(H,35,36)/t13-,14-,20+/m0/s1. The van der Waals surface area contributed by atoms with E-state index >= 15 is 0 Å². The molecule has 3 atom stereocenters. The number of thiazole rings is 1. The number of aromatic carboxylic acids is 1. The van der Waals surface area contributed by atoms with E-state index in [1.165, 1.54) is 29.5 Å². The maximum atomic E-state index is 14.5. The molecule has 202 valence electrons. The normalized spacial score (nSPS) is 22.3. The van der Waals surface area contributed by atoms with Crippen molar-refractivity contribution in [3.63, 3.8) is 0 Å². The van der Waals surface area contributed by atoms with Gasteiger partial charge < -0.3 is 24.4 Å². The van der Waals surface area contributed by atoms with Crippen molar-refractivity contribution in [3.8, 4) is 17.0 Å². The molecule has 1 aliphatic heterocycles. The number of phenols is 1. The third-order valence-corrected chi connectivity index (χ3v) is 9.51. The number of carbonyl (C=O) groups is 1. The molecule has 0 radical (unpaired) electrons. The van der Waals surface area contributed by atoms with Gasteiger partial charge in [-0.2, -0.15) is 0 Å². The Kier molecular flexibility index (Phi) is 6.00. The lowest BCUT2D eigenvalue weighted by molar-refractivity contribution is 0.0122. The molecule has 2 saturated carbocycles. The van der Waals surface area contributed by atoms with E-state index in [1.807, 2.05) is 0 Å². The van der Waals surface area contributed by atoms with Crippen molar-refractivity contribution < 1.29 is 28.7 Å². The van der Waals surface area contributed by atoms with Crippen LogP contribution in [0.3, 0.4) is 0 Å². The summed E-state index contributed by atoms with van der Waals surface area (Å²) < 4.78 is 27.2. The predicted molar refractivity (Wildman–Crippen MR) is 145 cm³/mol. The topological polar surface area (TPSA) is 109 Å². The van der Waals surface area contributed by atoms with Crippen LogP contribution in [0, 0.1) is 11.7 Å². The van der Waals surface area contributed by atoms with Crippen LogP contribution in [-0.4, -0.2) is 45.0 Å². The largest absolute Gasteiger partial charge is 0.508 e. The smallest absolute Gasteiger partial charge is 0.335 e. The van der Waals surface area contributed by atoms with Gasteiger partial charge in [-0.15, -0.1) is 0 Å². The molecule has 2 aromatic heterocycles. The number of rotatable bonds is 7. The second kappa shape index (κ2) is 9.33. The van der Waals surface area contributed by atoms with Crippen molar-refractivity contribution in [1.29, 1.82) is 0 Å². The van der Waals surface area contributed by atoms with Gasteiger partial charge in [0.15, 0.2) is 10.9 Å². The minimum absolute atomic E-state index is 0.0246. The van der Waals surface area contributed by atoms with Gasteiger partial charge in [0, 0.05) is 35.5 Å². The zero-order valence-corrected chi connectivity index (χ0v) is 22.7. The van der Waals surface area contributed by atoms with E-state index in [2.05, 4.69) is 15.0 Å². The van der Waals surface area contributed by atoms with E-state index in [-0.39, 0.29) is 44.9 Å². The highest BCUT2D eigenvalue weighted by molar-refractivity contribution is 7.22. The first-order valence-corrected chi connectivity index (χ1v) is 14.2. The third-order valence-electron chi connectivity index (χ3n) is 7.88. The molecule has 7 rings (SSSR count). The number of nitrogens with zero attached hydrogens (tertiary/aromatic N) is 3. The fourth-order valence-corrected chi connectivity index (χ4v) is 7.62. The maximum Gasteiger partial charge on any atom is 0.335 e. The number of aromatic nitrogens is 2. The molecular formula is C27H22Cl2FN3O5S. The SMILES string of the molecule is O=C(O)c1cc(F)c2nc(N3C[C@@H]4C[C@H]3C[C@H]4OCc3c(-c4c(Cl)cc(O)cc4Cl)noc3C3CC3)sc2c1. The van der Waals surface area contributed by atoms with E-state index < -0.39 is 11.8 Å². The van der Waals surface area contributed by atoms with Crippen LogP contribution in [-0.2, 0) is 11.3 Å². The number of benzene rings is 2. The first-order valence-electron chi connectivity index (χ1n) is 12.6. The van der Waals surface area contributed by atoms with E-state index in [4.69, 9.17) is 32.5 Å². The van der Waals surface area contributed by atoms with Gasteiger partial charge >= 0.3 is 5.97 Å². The van der Waals surface area contributed by atoms with Crippen LogP contribution in [0.4, 0.5) is 9.52 Å². The highest BCUT2D eigenvalue weighted by Gasteiger charge is 2.46. The fraction of sp³-hybridized carbons (Fsp3) is 0.370. The first kappa shape index (κ1) is 25.1. The molecule has 3 aliphatic rings. The van der Waals surface area contributed by atoms with Gasteiger partial charge in [0.2, 0.25) is 0 Å². The molecule has 12 heteroatoms. The molecule has 0 spiro atoms. The number of carboxylic acids is 1. The summed E-state index contributed by atoms with van der Waals surface area (Å²) in [5, 5.41) is 24.7. The summed E-state index contributed by atoms with van der Waals surface area (Å²) in [6.45, 7) is 1.03. The van der Waals surface area contributed by atoms with Crippen LogP contribution in [0.25, 0.3) is 21.5 Å². The van der Waals surface area contributed by atoms with Crippen LogP contribution >= 0.6 is 34.5 Å². The van der Waals surface area contributed by atoms with Gasteiger partial charge in [-0.25, -0.2) is 14.2 Å². The van der Waals surface area contributed by atoms with Crippen molar-refractivity contribution in [2.45, 2.75) is 50.4 Å². The summed E-state index contributed by atoms with van der Waals surface area (Å²) in [6, 6.07) is 5.55. The maximum absolute atomic E-state index is 14.5. The Morgan fingerprint density at radius 1 is 1.21 bits per heavy atom. The van der Waals surface area contributed by atoms with Crippen LogP contribution < -0.4 is 4.90 Å². The van der Waals surface area contributed by atoms with Gasteiger partial charge in [0.25, 0.3) is 0 Å². The number of phenolic OH excluding ortho intramolecular Hbond substituents is 1. The van der Waals surface area contributed by atoms with E-state index in [1.54, 1.807) is 0 Å². The molecule has 8 nitrogen and oxygen atoms in total. The number of hydrogen-bond acceptors (Lipinski definition) is 8. The van der Waals surface area contributed by atoms with Crippen molar-refractivity contribution >= 4 is 55.9 Å². The second-order valence-electron chi connectivity index (χ2n) is 10.4. The molecule has 2 bridgehead atoms. The van der Waals surface area contributed by atoms with Gasteiger partial charge in [-0.3, -0.25) is 0 Å². The van der Waals surface area contributed by atoms with Crippen molar-refractivity contribution in [1.82, 2.24) is 10.1 Å². The minimum atomic E-state index is -1.17. The fourth-order valence-electron chi connectivity index (χ4n) is 5.87. The number of carboxylic acid groups (broad SMARTS) is 1. The van der Waals surface area contributed by atoms with Crippen molar-refractivity contribution in [2.75, 3.05) is 11.4 Å². The lowest BCUT2D eigenvalue weighted by Crippen LogP contribution is -2.38. The average Bonchev–Trinajstić information content (AvgIpc) is 3.21. The molecule has 0 unspecified atom stereocenters. The van der Waals surface area contributed by atoms with Crippen LogP contribution in [0.5, 0.6) is 5.75 Å². The number of halogens is 3. The van der Waals surface area contributed by atoms with Gasteiger partial charge in [-0.05, 0) is 49.9 Å². The van der Waals surface area contributed by atoms with Crippen LogP contribution in [0.1, 0.15) is 53.3 Å². The number of aromatic hydroxyl groups is 1. The molecule has 2 N–H and O–H groups in total. The molecule has 2 aliphatic carbocycles. The summed E-state index contributed by atoms with van der Waals surface area (Å²) >= 11 is 14.2. The third kappa shape index (κ3) is 4.34. The number of hydrogen-bond donors (Lipinski definition) is 2. The van der Waals surface area contributed by atoms with Crippen molar-refractivity contribution in [2.24, 2.45) is 5.92 Å². The molecule has 0 amide bonds. The van der Waals surface area contributed by atoms with E-state index in [9.17, 15) is 19.4 Å².